The van der Waals surface area contributed by atoms with Gasteiger partial charge in [0.1, 0.15) is 0 Å². The van der Waals surface area contributed by atoms with Crippen molar-refractivity contribution in [3.8, 4) is 0 Å². The third-order valence-electron chi connectivity index (χ3n) is 2.76. The highest BCUT2D eigenvalue weighted by molar-refractivity contribution is 5.81. The average molecular weight is 219 g/mol. The molecule has 0 aromatic carbocycles. The topological polar surface area (TPSA) is 59.2 Å². The molecule has 1 aromatic rings. The van der Waals surface area contributed by atoms with Crippen molar-refractivity contribution < 1.29 is 4.79 Å². The molecule has 1 amide bonds. The number of aromatic nitrogens is 1. The Bertz CT molecular complexity index is 360. The molecule has 4 heteroatoms. The van der Waals surface area contributed by atoms with E-state index in [1.807, 2.05) is 17.0 Å². The van der Waals surface area contributed by atoms with E-state index in [4.69, 9.17) is 5.73 Å². The van der Waals surface area contributed by atoms with Gasteiger partial charge in [-0.15, -0.1) is 0 Å². The van der Waals surface area contributed by atoms with Crippen molar-refractivity contribution in [2.45, 2.75) is 38.4 Å². The zero-order chi connectivity index (χ0) is 11.5. The minimum Gasteiger partial charge on any atom is -0.334 e. The summed E-state index contributed by atoms with van der Waals surface area (Å²) in [5.41, 5.74) is 6.76. The first kappa shape index (κ1) is 11.1. The number of amides is 1. The fourth-order valence-corrected chi connectivity index (χ4v) is 1.72. The summed E-state index contributed by atoms with van der Waals surface area (Å²) in [7, 11) is 0. The van der Waals surface area contributed by atoms with Gasteiger partial charge in [-0.05, 0) is 37.5 Å². The summed E-state index contributed by atoms with van der Waals surface area (Å²) in [6.45, 7) is 2.39. The maximum atomic E-state index is 11.9. The van der Waals surface area contributed by atoms with Gasteiger partial charge in [-0.25, -0.2) is 0 Å². The zero-order valence-electron chi connectivity index (χ0n) is 9.47. The van der Waals surface area contributed by atoms with Gasteiger partial charge in [-0.2, -0.15) is 0 Å². The Morgan fingerprint density at radius 2 is 2.19 bits per heavy atom. The molecule has 1 fully saturated rings. The predicted molar refractivity (Wildman–Crippen MR) is 61.5 cm³/mol. The Balaban J connectivity index is 2.06. The van der Waals surface area contributed by atoms with E-state index >= 15 is 0 Å². The molecule has 1 aromatic heterocycles. The molecule has 1 aliphatic carbocycles. The summed E-state index contributed by atoms with van der Waals surface area (Å²) < 4.78 is 0. The molecule has 0 unspecified atom stereocenters. The van der Waals surface area contributed by atoms with Crippen molar-refractivity contribution in [2.75, 3.05) is 0 Å². The Kier molecular flexibility index (Phi) is 3.19. The van der Waals surface area contributed by atoms with Gasteiger partial charge in [0.15, 0.2) is 0 Å². The Morgan fingerprint density at radius 3 is 2.69 bits per heavy atom. The zero-order valence-corrected chi connectivity index (χ0v) is 9.47. The lowest BCUT2D eigenvalue weighted by Gasteiger charge is -2.24. The highest BCUT2D eigenvalue weighted by atomic mass is 16.2. The largest absolute Gasteiger partial charge is 0.334 e. The van der Waals surface area contributed by atoms with Crippen LogP contribution in [0.1, 0.15) is 25.3 Å². The molecule has 16 heavy (non-hydrogen) atoms. The highest BCUT2D eigenvalue weighted by Crippen LogP contribution is 2.28. The number of nitrogens with two attached hydrogens (primary N) is 1. The average Bonchev–Trinajstić information content (AvgIpc) is 3.10. The molecule has 86 valence electrons. The number of hydrogen-bond acceptors (Lipinski definition) is 3. The second-order valence-electron chi connectivity index (χ2n) is 4.34. The van der Waals surface area contributed by atoms with Gasteiger partial charge in [-0.3, -0.25) is 9.78 Å². The highest BCUT2D eigenvalue weighted by Gasteiger charge is 2.33. The van der Waals surface area contributed by atoms with Gasteiger partial charge in [0.25, 0.3) is 0 Å². The Labute approximate surface area is 95.5 Å². The summed E-state index contributed by atoms with van der Waals surface area (Å²) in [5, 5.41) is 0. The molecule has 1 atom stereocenters. The van der Waals surface area contributed by atoms with Gasteiger partial charge in [0, 0.05) is 25.0 Å². The quantitative estimate of drug-likeness (QED) is 0.819. The monoisotopic (exact) mass is 219 g/mol. The summed E-state index contributed by atoms with van der Waals surface area (Å²) in [4.78, 5) is 17.8. The molecule has 0 saturated heterocycles. The van der Waals surface area contributed by atoms with Crippen LogP contribution >= 0.6 is 0 Å². The summed E-state index contributed by atoms with van der Waals surface area (Å²) in [6, 6.07) is 3.85. The summed E-state index contributed by atoms with van der Waals surface area (Å²) >= 11 is 0. The van der Waals surface area contributed by atoms with E-state index in [0.717, 1.165) is 18.4 Å². The predicted octanol–water partition coefficient (Wildman–Crippen LogP) is 0.920. The lowest BCUT2D eigenvalue weighted by Crippen LogP contribution is -2.42. The molecule has 1 heterocycles. The second-order valence-corrected chi connectivity index (χ2v) is 4.34. The normalized spacial score (nSPS) is 16.9. The van der Waals surface area contributed by atoms with Crippen LogP contribution in [-0.2, 0) is 11.3 Å². The maximum Gasteiger partial charge on any atom is 0.239 e. The van der Waals surface area contributed by atoms with Crippen LogP contribution in [0, 0.1) is 0 Å². The van der Waals surface area contributed by atoms with E-state index in [1.54, 1.807) is 19.3 Å². The molecule has 2 rings (SSSR count). The lowest BCUT2D eigenvalue weighted by molar-refractivity contribution is -0.133. The molecule has 0 spiro atoms. The van der Waals surface area contributed by atoms with E-state index in [2.05, 4.69) is 4.98 Å². The summed E-state index contributed by atoms with van der Waals surface area (Å²) in [6.07, 6.45) is 5.70. The van der Waals surface area contributed by atoms with E-state index in [0.29, 0.717) is 12.6 Å². The first-order valence-electron chi connectivity index (χ1n) is 5.63. The van der Waals surface area contributed by atoms with Crippen LogP contribution in [0.15, 0.2) is 24.5 Å². The van der Waals surface area contributed by atoms with E-state index in [1.165, 1.54) is 0 Å². The number of carbonyl (C=O) groups is 1. The van der Waals surface area contributed by atoms with Gasteiger partial charge < -0.3 is 10.6 Å². The number of rotatable bonds is 4. The SMILES string of the molecule is C[C@H](N)C(=O)N(Cc1ccncc1)C1CC1. The first-order chi connectivity index (χ1) is 7.68. The van der Waals surface area contributed by atoms with Crippen molar-refractivity contribution in [2.24, 2.45) is 5.73 Å². The van der Waals surface area contributed by atoms with Crippen LogP contribution in [0.5, 0.6) is 0 Å². The van der Waals surface area contributed by atoms with Gasteiger partial charge in [0.05, 0.1) is 6.04 Å². The maximum absolute atomic E-state index is 11.9. The number of pyridine rings is 1. The molecular weight excluding hydrogens is 202 g/mol. The smallest absolute Gasteiger partial charge is 0.239 e. The van der Waals surface area contributed by atoms with Crippen LogP contribution < -0.4 is 5.73 Å². The van der Waals surface area contributed by atoms with Crippen molar-refractivity contribution in [1.29, 1.82) is 0 Å². The van der Waals surface area contributed by atoms with Gasteiger partial charge in [-0.1, -0.05) is 0 Å². The summed E-state index contributed by atoms with van der Waals surface area (Å²) in [5.74, 6) is 0.0410. The standard InChI is InChI=1S/C12H17N3O/c1-9(13)12(16)15(11-2-3-11)8-10-4-6-14-7-5-10/h4-7,9,11H,2-3,8,13H2,1H3/t9-/m0/s1. The fraction of sp³-hybridized carbons (Fsp3) is 0.500. The second kappa shape index (κ2) is 4.61. The minimum atomic E-state index is -0.414. The third kappa shape index (κ3) is 2.58. The van der Waals surface area contributed by atoms with Crippen molar-refractivity contribution in [3.05, 3.63) is 30.1 Å². The molecule has 0 aliphatic heterocycles. The van der Waals surface area contributed by atoms with Gasteiger partial charge >= 0.3 is 0 Å². The fourth-order valence-electron chi connectivity index (χ4n) is 1.72. The molecule has 4 nitrogen and oxygen atoms in total. The van der Waals surface area contributed by atoms with E-state index in [9.17, 15) is 4.79 Å². The number of hydrogen-bond donors (Lipinski definition) is 1. The van der Waals surface area contributed by atoms with Crippen molar-refractivity contribution >= 4 is 5.91 Å². The molecule has 2 N–H and O–H groups in total. The lowest BCUT2D eigenvalue weighted by atomic mass is 10.2. The third-order valence-corrected chi connectivity index (χ3v) is 2.76. The van der Waals surface area contributed by atoms with Crippen molar-refractivity contribution in [3.63, 3.8) is 0 Å². The van der Waals surface area contributed by atoms with Crippen LogP contribution in [0.25, 0.3) is 0 Å². The molecule has 1 aliphatic rings. The van der Waals surface area contributed by atoms with Crippen LogP contribution in [-0.4, -0.2) is 27.9 Å². The van der Waals surface area contributed by atoms with Gasteiger partial charge in [0.2, 0.25) is 5.91 Å². The Hall–Kier alpha value is -1.42. The molecule has 1 saturated carbocycles. The van der Waals surface area contributed by atoms with E-state index in [-0.39, 0.29) is 5.91 Å². The molecule has 0 bridgehead atoms. The minimum absolute atomic E-state index is 0.0410. The molecular formula is C12H17N3O. The number of nitrogens with zero attached hydrogens (tertiary/aromatic N) is 2. The Morgan fingerprint density at radius 1 is 1.56 bits per heavy atom. The van der Waals surface area contributed by atoms with Crippen LogP contribution in [0.2, 0.25) is 0 Å². The molecule has 0 radical (unpaired) electrons. The van der Waals surface area contributed by atoms with Crippen LogP contribution in [0.4, 0.5) is 0 Å². The number of carbonyl (C=O) groups excluding carboxylic acids is 1. The first-order valence-corrected chi connectivity index (χ1v) is 5.63. The van der Waals surface area contributed by atoms with Crippen LogP contribution in [0.3, 0.4) is 0 Å². The van der Waals surface area contributed by atoms with Crippen molar-refractivity contribution in [1.82, 2.24) is 9.88 Å². The van der Waals surface area contributed by atoms with E-state index < -0.39 is 6.04 Å².